The summed E-state index contributed by atoms with van der Waals surface area (Å²) in [6, 6.07) is 4.13. The average Bonchev–Trinajstić information content (AvgIpc) is 2.51. The van der Waals surface area contributed by atoms with Gasteiger partial charge in [-0.05, 0) is 37.4 Å². The van der Waals surface area contributed by atoms with E-state index in [0.717, 1.165) is 18.9 Å². The van der Waals surface area contributed by atoms with Gasteiger partial charge in [0.25, 0.3) is 5.69 Å². The second kappa shape index (κ2) is 6.84. The number of hydrogen-bond acceptors (Lipinski definition) is 5. The molecule has 1 fully saturated rings. The Balaban J connectivity index is 2.33. The molecule has 1 aliphatic carbocycles. The van der Waals surface area contributed by atoms with Crippen LogP contribution in [0, 0.1) is 22.0 Å². The van der Waals surface area contributed by atoms with Crippen LogP contribution in [0.4, 0.5) is 11.4 Å². The number of nitrogens with one attached hydrogen (secondary N) is 2. The van der Waals surface area contributed by atoms with Crippen molar-refractivity contribution in [2.24, 2.45) is 11.8 Å². The Hall–Kier alpha value is -1.67. The molecule has 0 bridgehead atoms. The van der Waals surface area contributed by atoms with Crippen molar-refractivity contribution in [3.05, 3.63) is 28.3 Å². The lowest BCUT2D eigenvalue weighted by atomic mass is 9.78. The van der Waals surface area contributed by atoms with E-state index >= 15 is 0 Å². The van der Waals surface area contributed by atoms with Crippen LogP contribution >= 0.6 is 0 Å². The molecule has 0 unspecified atom stereocenters. The van der Waals surface area contributed by atoms with Crippen LogP contribution in [0.15, 0.2) is 23.1 Å². The molecule has 0 heterocycles. The summed E-state index contributed by atoms with van der Waals surface area (Å²) in [5.74, 6) is 0.966. The van der Waals surface area contributed by atoms with Crippen molar-refractivity contribution >= 4 is 21.4 Å². The molecule has 0 saturated heterocycles. The SMILES string of the molecule is CNS(=O)(=O)c1ccc(N[C@H]2CCC[C@H](C)[C@H]2C)c([N+](=O)[O-])c1. The normalized spacial score (nSPS) is 25.1. The summed E-state index contributed by atoms with van der Waals surface area (Å²) < 4.78 is 25.8. The lowest BCUT2D eigenvalue weighted by Crippen LogP contribution is -2.35. The van der Waals surface area contributed by atoms with Crippen LogP contribution in [0.3, 0.4) is 0 Å². The molecule has 7 nitrogen and oxygen atoms in total. The maximum atomic E-state index is 11.8. The van der Waals surface area contributed by atoms with Gasteiger partial charge < -0.3 is 5.32 Å². The van der Waals surface area contributed by atoms with Crippen LogP contribution in [-0.4, -0.2) is 26.4 Å². The van der Waals surface area contributed by atoms with Crippen molar-refractivity contribution in [2.75, 3.05) is 12.4 Å². The van der Waals surface area contributed by atoms with Crippen molar-refractivity contribution < 1.29 is 13.3 Å². The van der Waals surface area contributed by atoms with Crippen LogP contribution in [0.2, 0.25) is 0 Å². The van der Waals surface area contributed by atoms with Crippen LogP contribution in [0.25, 0.3) is 0 Å². The van der Waals surface area contributed by atoms with Crippen molar-refractivity contribution in [3.8, 4) is 0 Å². The minimum absolute atomic E-state index is 0.109. The molecule has 1 aliphatic rings. The Labute approximate surface area is 136 Å². The van der Waals surface area contributed by atoms with E-state index in [4.69, 9.17) is 0 Å². The van der Waals surface area contributed by atoms with Crippen LogP contribution < -0.4 is 10.0 Å². The van der Waals surface area contributed by atoms with E-state index in [9.17, 15) is 18.5 Å². The Morgan fingerprint density at radius 2 is 1.96 bits per heavy atom. The Morgan fingerprint density at radius 1 is 1.26 bits per heavy atom. The van der Waals surface area contributed by atoms with Gasteiger partial charge in [0.2, 0.25) is 10.0 Å². The fourth-order valence-corrected chi connectivity index (χ4v) is 3.80. The molecule has 2 N–H and O–H groups in total. The molecule has 3 atom stereocenters. The largest absolute Gasteiger partial charge is 0.376 e. The number of benzene rings is 1. The minimum Gasteiger partial charge on any atom is -0.376 e. The molecule has 128 valence electrons. The van der Waals surface area contributed by atoms with E-state index in [-0.39, 0.29) is 16.6 Å². The first-order valence-electron chi connectivity index (χ1n) is 7.74. The molecule has 1 saturated carbocycles. The van der Waals surface area contributed by atoms with Crippen LogP contribution in [-0.2, 0) is 10.0 Å². The molecule has 0 amide bonds. The van der Waals surface area contributed by atoms with Gasteiger partial charge >= 0.3 is 0 Å². The first-order valence-corrected chi connectivity index (χ1v) is 9.23. The molecule has 0 aliphatic heterocycles. The Morgan fingerprint density at radius 3 is 2.57 bits per heavy atom. The predicted octanol–water partition coefficient (Wildman–Crippen LogP) is 2.74. The van der Waals surface area contributed by atoms with Gasteiger partial charge in [-0.25, -0.2) is 13.1 Å². The molecule has 0 radical (unpaired) electrons. The van der Waals surface area contributed by atoms with Gasteiger partial charge in [0.05, 0.1) is 9.82 Å². The Kier molecular flexibility index (Phi) is 5.26. The van der Waals surface area contributed by atoms with Gasteiger partial charge in [0.1, 0.15) is 5.69 Å². The number of nitro groups is 1. The third-order valence-corrected chi connectivity index (χ3v) is 6.20. The van der Waals surface area contributed by atoms with Gasteiger partial charge in [-0.2, -0.15) is 0 Å². The molecule has 0 spiro atoms. The highest BCUT2D eigenvalue weighted by atomic mass is 32.2. The monoisotopic (exact) mass is 341 g/mol. The Bertz CT molecular complexity index is 690. The van der Waals surface area contributed by atoms with E-state index in [1.165, 1.54) is 25.6 Å². The molecule has 1 aromatic carbocycles. The molecule has 0 aromatic heterocycles. The standard InChI is InChI=1S/C15H23N3O4S/c1-10-5-4-6-13(11(10)2)17-14-8-7-12(23(21,22)16-3)9-15(14)18(19)20/h7-11,13,16-17H,4-6H2,1-3H3/t10-,11+,13-/m0/s1. The van der Waals surface area contributed by atoms with Gasteiger partial charge in [0.15, 0.2) is 0 Å². The van der Waals surface area contributed by atoms with E-state index in [0.29, 0.717) is 17.5 Å². The fraction of sp³-hybridized carbons (Fsp3) is 0.600. The molecule has 2 rings (SSSR count). The molecule has 23 heavy (non-hydrogen) atoms. The van der Waals surface area contributed by atoms with E-state index in [1.807, 2.05) is 0 Å². The van der Waals surface area contributed by atoms with E-state index in [2.05, 4.69) is 23.9 Å². The van der Waals surface area contributed by atoms with Gasteiger partial charge in [-0.15, -0.1) is 0 Å². The number of anilines is 1. The zero-order valence-electron chi connectivity index (χ0n) is 13.6. The highest BCUT2D eigenvalue weighted by molar-refractivity contribution is 7.89. The summed E-state index contributed by atoms with van der Waals surface area (Å²) in [5.41, 5.74) is 0.155. The van der Waals surface area contributed by atoms with Crippen LogP contribution in [0.1, 0.15) is 33.1 Å². The quantitative estimate of drug-likeness (QED) is 0.633. The summed E-state index contributed by atoms with van der Waals surface area (Å²) in [7, 11) is -2.43. The van der Waals surface area contributed by atoms with E-state index in [1.54, 1.807) is 0 Å². The number of nitro benzene ring substituents is 1. The summed E-state index contributed by atoms with van der Waals surface area (Å²) in [6.07, 6.45) is 3.21. The third-order valence-electron chi connectivity index (χ3n) is 4.79. The average molecular weight is 341 g/mol. The lowest BCUT2D eigenvalue weighted by Gasteiger charge is -2.35. The highest BCUT2D eigenvalue weighted by Gasteiger charge is 2.29. The predicted molar refractivity (Wildman–Crippen MR) is 88.9 cm³/mol. The van der Waals surface area contributed by atoms with E-state index < -0.39 is 14.9 Å². The zero-order valence-corrected chi connectivity index (χ0v) is 14.4. The van der Waals surface area contributed by atoms with Gasteiger partial charge in [-0.1, -0.05) is 26.7 Å². The first kappa shape index (κ1) is 17.7. The molecular weight excluding hydrogens is 318 g/mol. The van der Waals surface area contributed by atoms with Crippen molar-refractivity contribution in [1.82, 2.24) is 4.72 Å². The highest BCUT2D eigenvalue weighted by Crippen LogP contribution is 2.34. The number of nitrogens with zero attached hydrogens (tertiary/aromatic N) is 1. The first-order chi connectivity index (χ1) is 10.8. The van der Waals surface area contributed by atoms with Crippen molar-refractivity contribution in [1.29, 1.82) is 0 Å². The van der Waals surface area contributed by atoms with Crippen molar-refractivity contribution in [2.45, 2.75) is 44.0 Å². The number of rotatable bonds is 5. The van der Waals surface area contributed by atoms with Crippen molar-refractivity contribution in [3.63, 3.8) is 0 Å². The van der Waals surface area contributed by atoms with Gasteiger partial charge in [0, 0.05) is 12.1 Å². The second-order valence-corrected chi connectivity index (χ2v) is 8.05. The molecule has 1 aromatic rings. The topological polar surface area (TPSA) is 101 Å². The smallest absolute Gasteiger partial charge is 0.293 e. The lowest BCUT2D eigenvalue weighted by molar-refractivity contribution is -0.384. The molecule has 8 heteroatoms. The molecular formula is C15H23N3O4S. The third kappa shape index (κ3) is 3.81. The number of hydrogen-bond donors (Lipinski definition) is 2. The maximum absolute atomic E-state index is 11.8. The van der Waals surface area contributed by atoms with Crippen LogP contribution in [0.5, 0.6) is 0 Å². The second-order valence-electron chi connectivity index (χ2n) is 6.16. The fourth-order valence-electron chi connectivity index (χ4n) is 3.06. The summed E-state index contributed by atoms with van der Waals surface area (Å²) in [5, 5.41) is 14.6. The number of sulfonamides is 1. The summed E-state index contributed by atoms with van der Waals surface area (Å²) in [6.45, 7) is 4.34. The zero-order chi connectivity index (χ0) is 17.2. The summed E-state index contributed by atoms with van der Waals surface area (Å²) >= 11 is 0. The minimum atomic E-state index is -3.71. The van der Waals surface area contributed by atoms with Gasteiger partial charge in [-0.3, -0.25) is 10.1 Å². The maximum Gasteiger partial charge on any atom is 0.293 e. The summed E-state index contributed by atoms with van der Waals surface area (Å²) in [4.78, 5) is 10.7.